The van der Waals surface area contributed by atoms with Crippen LogP contribution in [0.2, 0.25) is 0 Å². The standard InChI is InChI=1S/C16H19N3OS/c1-11-7-9-12(10-8-11)14(20)17-16-19-18-15(21-16)13-5-3-2-4-6-13/h7-10,13H,2-6H2,1H3,(H,17,19,20). The zero-order valence-corrected chi connectivity index (χ0v) is 12.9. The number of aryl methyl sites for hydroxylation is 1. The number of hydrogen-bond donors (Lipinski definition) is 1. The van der Waals surface area contributed by atoms with E-state index in [-0.39, 0.29) is 5.91 Å². The molecule has 1 aliphatic rings. The van der Waals surface area contributed by atoms with E-state index in [0.29, 0.717) is 16.6 Å². The van der Waals surface area contributed by atoms with Gasteiger partial charge in [0.1, 0.15) is 5.01 Å². The number of rotatable bonds is 3. The SMILES string of the molecule is Cc1ccc(C(=O)Nc2nnc(C3CCCCC3)s2)cc1. The van der Waals surface area contributed by atoms with Crippen molar-refractivity contribution in [1.82, 2.24) is 10.2 Å². The molecule has 0 spiro atoms. The first-order chi connectivity index (χ1) is 10.2. The van der Waals surface area contributed by atoms with Crippen LogP contribution in [0.3, 0.4) is 0 Å². The monoisotopic (exact) mass is 301 g/mol. The van der Waals surface area contributed by atoms with Gasteiger partial charge in [0.15, 0.2) is 0 Å². The molecule has 21 heavy (non-hydrogen) atoms. The minimum Gasteiger partial charge on any atom is -0.296 e. The third kappa shape index (κ3) is 3.47. The molecule has 5 heteroatoms. The van der Waals surface area contributed by atoms with E-state index in [1.54, 1.807) is 0 Å². The summed E-state index contributed by atoms with van der Waals surface area (Å²) in [5.74, 6) is 0.405. The van der Waals surface area contributed by atoms with E-state index in [1.165, 1.54) is 43.4 Å². The highest BCUT2D eigenvalue weighted by molar-refractivity contribution is 7.15. The van der Waals surface area contributed by atoms with Gasteiger partial charge in [0, 0.05) is 11.5 Å². The summed E-state index contributed by atoms with van der Waals surface area (Å²) >= 11 is 1.51. The smallest absolute Gasteiger partial charge is 0.257 e. The lowest BCUT2D eigenvalue weighted by Gasteiger charge is -2.18. The van der Waals surface area contributed by atoms with E-state index in [9.17, 15) is 4.79 Å². The second-order valence-electron chi connectivity index (χ2n) is 5.60. The number of hydrogen-bond acceptors (Lipinski definition) is 4. The number of amides is 1. The van der Waals surface area contributed by atoms with Crippen LogP contribution in [-0.2, 0) is 0 Å². The van der Waals surface area contributed by atoms with E-state index in [0.717, 1.165) is 10.6 Å². The van der Waals surface area contributed by atoms with Crippen LogP contribution in [0.4, 0.5) is 5.13 Å². The first kappa shape index (κ1) is 14.2. The van der Waals surface area contributed by atoms with Crippen molar-refractivity contribution in [1.29, 1.82) is 0 Å². The van der Waals surface area contributed by atoms with Gasteiger partial charge in [0.05, 0.1) is 0 Å². The highest BCUT2D eigenvalue weighted by Crippen LogP contribution is 2.35. The molecule has 1 heterocycles. The lowest BCUT2D eigenvalue weighted by atomic mass is 9.90. The van der Waals surface area contributed by atoms with Crippen molar-refractivity contribution in [3.8, 4) is 0 Å². The molecule has 3 rings (SSSR count). The van der Waals surface area contributed by atoms with Gasteiger partial charge >= 0.3 is 0 Å². The molecule has 1 amide bonds. The van der Waals surface area contributed by atoms with Crippen LogP contribution in [-0.4, -0.2) is 16.1 Å². The van der Waals surface area contributed by atoms with Gasteiger partial charge in [-0.3, -0.25) is 10.1 Å². The Morgan fingerprint density at radius 2 is 1.86 bits per heavy atom. The Hall–Kier alpha value is -1.75. The fourth-order valence-corrected chi connectivity index (χ4v) is 3.58. The molecule has 0 aliphatic heterocycles. The van der Waals surface area contributed by atoms with Gasteiger partial charge in [-0.2, -0.15) is 0 Å². The number of nitrogens with zero attached hydrogens (tertiary/aromatic N) is 2. The molecule has 2 aromatic rings. The van der Waals surface area contributed by atoms with Gasteiger partial charge < -0.3 is 0 Å². The van der Waals surface area contributed by atoms with Crippen LogP contribution >= 0.6 is 11.3 Å². The number of anilines is 1. The number of nitrogens with one attached hydrogen (secondary N) is 1. The Kier molecular flexibility index (Phi) is 4.29. The lowest BCUT2D eigenvalue weighted by Crippen LogP contribution is -2.11. The minimum atomic E-state index is -0.124. The molecule has 0 saturated heterocycles. The van der Waals surface area contributed by atoms with Gasteiger partial charge in [-0.05, 0) is 31.9 Å². The van der Waals surface area contributed by atoms with Crippen molar-refractivity contribution < 1.29 is 4.79 Å². The maximum Gasteiger partial charge on any atom is 0.257 e. The minimum absolute atomic E-state index is 0.124. The first-order valence-electron chi connectivity index (χ1n) is 7.44. The molecule has 0 radical (unpaired) electrons. The number of carbonyl (C=O) groups is 1. The molecule has 4 nitrogen and oxygen atoms in total. The highest BCUT2D eigenvalue weighted by Gasteiger charge is 2.20. The Morgan fingerprint density at radius 1 is 1.14 bits per heavy atom. The largest absolute Gasteiger partial charge is 0.296 e. The average molecular weight is 301 g/mol. The Labute approximate surface area is 128 Å². The molecule has 110 valence electrons. The fourth-order valence-electron chi connectivity index (χ4n) is 2.67. The van der Waals surface area contributed by atoms with Crippen molar-refractivity contribution in [3.63, 3.8) is 0 Å². The summed E-state index contributed by atoms with van der Waals surface area (Å²) in [6.45, 7) is 2.00. The zero-order chi connectivity index (χ0) is 14.7. The normalized spacial score (nSPS) is 15.9. The predicted molar refractivity (Wildman–Crippen MR) is 84.9 cm³/mol. The second-order valence-corrected chi connectivity index (χ2v) is 6.61. The van der Waals surface area contributed by atoms with Crippen LogP contribution in [0.15, 0.2) is 24.3 Å². The lowest BCUT2D eigenvalue weighted by molar-refractivity contribution is 0.102. The predicted octanol–water partition coefficient (Wildman–Crippen LogP) is 4.15. The van der Waals surface area contributed by atoms with Crippen molar-refractivity contribution in [3.05, 3.63) is 40.4 Å². The van der Waals surface area contributed by atoms with E-state index in [4.69, 9.17) is 0 Å². The number of carbonyl (C=O) groups excluding carboxylic acids is 1. The Bertz CT molecular complexity index is 615. The van der Waals surface area contributed by atoms with Crippen LogP contribution in [0, 0.1) is 6.92 Å². The summed E-state index contributed by atoms with van der Waals surface area (Å²) in [6, 6.07) is 7.52. The first-order valence-corrected chi connectivity index (χ1v) is 8.25. The maximum atomic E-state index is 12.1. The van der Waals surface area contributed by atoms with Gasteiger partial charge in [0.25, 0.3) is 5.91 Å². The van der Waals surface area contributed by atoms with Gasteiger partial charge in [-0.25, -0.2) is 0 Å². The molecule has 1 aromatic carbocycles. The van der Waals surface area contributed by atoms with Crippen LogP contribution in [0.1, 0.15) is 59.0 Å². The summed E-state index contributed by atoms with van der Waals surface area (Å²) in [5.41, 5.74) is 1.79. The average Bonchev–Trinajstić information content (AvgIpc) is 2.97. The molecule has 0 atom stereocenters. The maximum absolute atomic E-state index is 12.1. The third-order valence-electron chi connectivity index (χ3n) is 3.93. The molecule has 0 unspecified atom stereocenters. The van der Waals surface area contributed by atoms with Crippen molar-refractivity contribution >= 4 is 22.4 Å². The second kappa shape index (κ2) is 6.35. The summed E-state index contributed by atoms with van der Waals surface area (Å²) in [5, 5.41) is 12.9. The van der Waals surface area contributed by atoms with E-state index in [1.807, 2.05) is 31.2 Å². The molecule has 0 bridgehead atoms. The van der Waals surface area contributed by atoms with Crippen molar-refractivity contribution in [2.75, 3.05) is 5.32 Å². The molecule has 1 aromatic heterocycles. The van der Waals surface area contributed by atoms with E-state index in [2.05, 4.69) is 15.5 Å². The van der Waals surface area contributed by atoms with Crippen molar-refractivity contribution in [2.24, 2.45) is 0 Å². The molecule has 1 saturated carbocycles. The Morgan fingerprint density at radius 3 is 2.57 bits per heavy atom. The topological polar surface area (TPSA) is 54.9 Å². The van der Waals surface area contributed by atoms with Gasteiger partial charge in [0.2, 0.25) is 5.13 Å². The summed E-state index contributed by atoms with van der Waals surface area (Å²) in [7, 11) is 0. The zero-order valence-electron chi connectivity index (χ0n) is 12.1. The molecule has 1 fully saturated rings. The number of aromatic nitrogens is 2. The Balaban J connectivity index is 1.66. The van der Waals surface area contributed by atoms with Crippen LogP contribution in [0.5, 0.6) is 0 Å². The summed E-state index contributed by atoms with van der Waals surface area (Å²) in [6.07, 6.45) is 6.26. The summed E-state index contributed by atoms with van der Waals surface area (Å²) in [4.78, 5) is 12.1. The highest BCUT2D eigenvalue weighted by atomic mass is 32.1. The van der Waals surface area contributed by atoms with E-state index >= 15 is 0 Å². The molecule has 1 aliphatic carbocycles. The van der Waals surface area contributed by atoms with Gasteiger partial charge in [-0.1, -0.05) is 48.3 Å². The molecule has 1 N–H and O–H groups in total. The molecular formula is C16H19N3OS. The molecular weight excluding hydrogens is 282 g/mol. The van der Waals surface area contributed by atoms with Gasteiger partial charge in [-0.15, -0.1) is 10.2 Å². The van der Waals surface area contributed by atoms with Crippen LogP contribution in [0.25, 0.3) is 0 Å². The fraction of sp³-hybridized carbons (Fsp3) is 0.438. The number of benzene rings is 1. The van der Waals surface area contributed by atoms with Crippen LogP contribution < -0.4 is 5.32 Å². The third-order valence-corrected chi connectivity index (χ3v) is 4.93. The quantitative estimate of drug-likeness (QED) is 0.926. The summed E-state index contributed by atoms with van der Waals surface area (Å²) < 4.78 is 0. The van der Waals surface area contributed by atoms with Crippen molar-refractivity contribution in [2.45, 2.75) is 44.9 Å². The van der Waals surface area contributed by atoms with E-state index < -0.39 is 0 Å².